The van der Waals surface area contributed by atoms with E-state index in [2.05, 4.69) is 43.1 Å². The first-order chi connectivity index (χ1) is 7.76. The zero-order valence-electron chi connectivity index (χ0n) is 10.2. The lowest BCUT2D eigenvalue weighted by Gasteiger charge is -2.10. The fourth-order valence-electron chi connectivity index (χ4n) is 2.22. The van der Waals surface area contributed by atoms with Gasteiger partial charge in [-0.05, 0) is 38.2 Å². The topological polar surface area (TPSA) is 24.4 Å². The molecule has 1 aliphatic heterocycles. The lowest BCUT2D eigenvalue weighted by molar-refractivity contribution is 0.636. The van der Waals surface area contributed by atoms with Crippen LogP contribution in [0.1, 0.15) is 33.1 Å². The maximum atomic E-state index is 4.42. The predicted octanol–water partition coefficient (Wildman–Crippen LogP) is 3.19. The van der Waals surface area contributed by atoms with Crippen molar-refractivity contribution in [1.29, 1.82) is 0 Å². The predicted molar refractivity (Wildman–Crippen MR) is 69.4 cm³/mol. The average Bonchev–Trinajstić information content (AvgIpc) is 3.01. The Kier molecular flexibility index (Phi) is 3.28. The van der Waals surface area contributed by atoms with E-state index in [-0.39, 0.29) is 0 Å². The SMILES string of the molecule is C=C/C=C(C1=NNC(C)C1)\C(=C/C)C1CC1. The molecule has 1 N–H and O–H groups in total. The third kappa shape index (κ3) is 2.26. The van der Waals surface area contributed by atoms with Gasteiger partial charge in [0, 0.05) is 18.0 Å². The van der Waals surface area contributed by atoms with Gasteiger partial charge in [-0.2, -0.15) is 5.10 Å². The minimum atomic E-state index is 0.459. The number of hydrazone groups is 1. The Balaban J connectivity index is 2.23. The first kappa shape index (κ1) is 11.2. The van der Waals surface area contributed by atoms with Crippen molar-refractivity contribution in [2.75, 3.05) is 0 Å². The first-order valence-electron chi connectivity index (χ1n) is 6.08. The van der Waals surface area contributed by atoms with Gasteiger partial charge in [0.1, 0.15) is 0 Å². The lowest BCUT2D eigenvalue weighted by Crippen LogP contribution is -2.14. The number of nitrogens with zero attached hydrogens (tertiary/aromatic N) is 1. The highest BCUT2D eigenvalue weighted by Gasteiger charge is 2.30. The Morgan fingerprint density at radius 1 is 1.50 bits per heavy atom. The summed E-state index contributed by atoms with van der Waals surface area (Å²) in [6, 6.07) is 0.459. The van der Waals surface area contributed by atoms with Crippen LogP contribution in [0.2, 0.25) is 0 Å². The quantitative estimate of drug-likeness (QED) is 0.717. The Morgan fingerprint density at radius 3 is 2.69 bits per heavy atom. The molecule has 16 heavy (non-hydrogen) atoms. The van der Waals surface area contributed by atoms with Crippen LogP contribution in [0.4, 0.5) is 0 Å². The molecule has 0 aromatic rings. The molecular weight excluding hydrogens is 196 g/mol. The molecule has 1 heterocycles. The smallest absolute Gasteiger partial charge is 0.0698 e. The van der Waals surface area contributed by atoms with Gasteiger partial charge >= 0.3 is 0 Å². The maximum absolute atomic E-state index is 4.42. The fourth-order valence-corrected chi connectivity index (χ4v) is 2.22. The van der Waals surface area contributed by atoms with E-state index in [0.29, 0.717) is 6.04 Å². The minimum absolute atomic E-state index is 0.459. The summed E-state index contributed by atoms with van der Waals surface area (Å²) in [6.07, 6.45) is 9.87. The number of hydrogen-bond acceptors (Lipinski definition) is 2. The molecule has 0 aromatic heterocycles. The number of allylic oxidation sites excluding steroid dienone is 5. The molecule has 2 nitrogen and oxygen atoms in total. The Labute approximate surface area is 97.8 Å². The number of rotatable bonds is 4. The zero-order chi connectivity index (χ0) is 11.5. The van der Waals surface area contributed by atoms with Gasteiger partial charge in [0.05, 0.1) is 5.71 Å². The second kappa shape index (κ2) is 4.69. The molecule has 2 heteroatoms. The molecule has 1 fully saturated rings. The van der Waals surface area contributed by atoms with Crippen LogP contribution in [-0.4, -0.2) is 11.8 Å². The van der Waals surface area contributed by atoms with Gasteiger partial charge in [0.15, 0.2) is 0 Å². The van der Waals surface area contributed by atoms with Crippen LogP contribution in [0, 0.1) is 5.92 Å². The average molecular weight is 216 g/mol. The highest BCUT2D eigenvalue weighted by molar-refractivity contribution is 6.05. The van der Waals surface area contributed by atoms with Crippen LogP contribution < -0.4 is 5.43 Å². The van der Waals surface area contributed by atoms with Crippen molar-refractivity contribution in [3.05, 3.63) is 36.0 Å². The van der Waals surface area contributed by atoms with E-state index in [9.17, 15) is 0 Å². The molecule has 2 rings (SSSR count). The molecular formula is C14H20N2. The van der Waals surface area contributed by atoms with Crippen molar-refractivity contribution < 1.29 is 0 Å². The van der Waals surface area contributed by atoms with E-state index in [4.69, 9.17) is 0 Å². The molecule has 0 spiro atoms. The van der Waals surface area contributed by atoms with Crippen LogP contribution in [0.25, 0.3) is 0 Å². The third-order valence-electron chi connectivity index (χ3n) is 3.15. The van der Waals surface area contributed by atoms with Gasteiger partial charge in [0.25, 0.3) is 0 Å². The highest BCUT2D eigenvalue weighted by Crippen LogP contribution is 2.40. The van der Waals surface area contributed by atoms with Gasteiger partial charge in [-0.15, -0.1) is 0 Å². The molecule has 2 aliphatic rings. The Morgan fingerprint density at radius 2 is 2.25 bits per heavy atom. The molecule has 1 aliphatic carbocycles. The summed E-state index contributed by atoms with van der Waals surface area (Å²) < 4.78 is 0. The van der Waals surface area contributed by atoms with Crippen molar-refractivity contribution in [2.24, 2.45) is 11.0 Å². The van der Waals surface area contributed by atoms with E-state index in [1.54, 1.807) is 0 Å². The van der Waals surface area contributed by atoms with Crippen molar-refractivity contribution in [3.8, 4) is 0 Å². The molecule has 0 bridgehead atoms. The molecule has 1 unspecified atom stereocenters. The van der Waals surface area contributed by atoms with E-state index in [0.717, 1.165) is 12.3 Å². The van der Waals surface area contributed by atoms with Crippen LogP contribution in [0.3, 0.4) is 0 Å². The van der Waals surface area contributed by atoms with E-state index < -0.39 is 0 Å². The zero-order valence-corrected chi connectivity index (χ0v) is 10.2. The van der Waals surface area contributed by atoms with Crippen LogP contribution in [0.15, 0.2) is 41.1 Å². The van der Waals surface area contributed by atoms with E-state index in [1.165, 1.54) is 29.7 Å². The molecule has 0 radical (unpaired) electrons. The van der Waals surface area contributed by atoms with E-state index in [1.807, 2.05) is 6.08 Å². The summed E-state index contributed by atoms with van der Waals surface area (Å²) in [5, 5.41) is 4.42. The van der Waals surface area contributed by atoms with Crippen LogP contribution in [-0.2, 0) is 0 Å². The summed E-state index contributed by atoms with van der Waals surface area (Å²) in [4.78, 5) is 0. The Hall–Kier alpha value is -1.31. The summed E-state index contributed by atoms with van der Waals surface area (Å²) in [7, 11) is 0. The largest absolute Gasteiger partial charge is 0.307 e. The van der Waals surface area contributed by atoms with Gasteiger partial charge < -0.3 is 5.43 Å². The maximum Gasteiger partial charge on any atom is 0.0698 e. The summed E-state index contributed by atoms with van der Waals surface area (Å²) >= 11 is 0. The fraction of sp³-hybridized carbons (Fsp3) is 0.500. The second-order valence-corrected chi connectivity index (χ2v) is 4.63. The van der Waals surface area contributed by atoms with Gasteiger partial charge in [0.2, 0.25) is 0 Å². The van der Waals surface area contributed by atoms with Crippen molar-refractivity contribution >= 4 is 5.71 Å². The van der Waals surface area contributed by atoms with Gasteiger partial charge in [-0.1, -0.05) is 24.8 Å². The third-order valence-corrected chi connectivity index (χ3v) is 3.15. The molecule has 1 atom stereocenters. The molecule has 0 aromatic carbocycles. The normalized spacial score (nSPS) is 26.4. The summed E-state index contributed by atoms with van der Waals surface area (Å²) in [5.74, 6) is 0.759. The van der Waals surface area contributed by atoms with Crippen molar-refractivity contribution in [2.45, 2.75) is 39.2 Å². The van der Waals surface area contributed by atoms with Gasteiger partial charge in [-0.25, -0.2) is 0 Å². The standard InChI is InChI=1S/C14H20N2/c1-4-6-13(12(5-2)11-7-8-11)14-9-10(3)15-16-14/h4-6,10-11,15H,1,7-9H2,2-3H3/b12-5-,13-6+. The number of nitrogens with one attached hydrogen (secondary N) is 1. The second-order valence-electron chi connectivity index (χ2n) is 4.63. The molecule has 0 saturated heterocycles. The monoisotopic (exact) mass is 216 g/mol. The molecule has 86 valence electrons. The van der Waals surface area contributed by atoms with E-state index >= 15 is 0 Å². The summed E-state index contributed by atoms with van der Waals surface area (Å²) in [5.41, 5.74) is 7.06. The summed E-state index contributed by atoms with van der Waals surface area (Å²) in [6.45, 7) is 8.09. The molecule has 0 amide bonds. The Bertz CT molecular complexity index is 370. The van der Waals surface area contributed by atoms with Crippen LogP contribution in [0.5, 0.6) is 0 Å². The van der Waals surface area contributed by atoms with Crippen molar-refractivity contribution in [3.63, 3.8) is 0 Å². The number of hydrogen-bond donors (Lipinski definition) is 1. The first-order valence-corrected chi connectivity index (χ1v) is 6.08. The molecule has 1 saturated carbocycles. The minimum Gasteiger partial charge on any atom is -0.307 e. The van der Waals surface area contributed by atoms with Crippen LogP contribution >= 0.6 is 0 Å². The van der Waals surface area contributed by atoms with Crippen molar-refractivity contribution in [1.82, 2.24) is 5.43 Å². The van der Waals surface area contributed by atoms with Gasteiger partial charge in [-0.3, -0.25) is 0 Å². The highest BCUT2D eigenvalue weighted by atomic mass is 15.3. The lowest BCUT2D eigenvalue weighted by atomic mass is 9.94.